The summed E-state index contributed by atoms with van der Waals surface area (Å²) in [6.07, 6.45) is -1.32. The highest BCUT2D eigenvalue weighted by molar-refractivity contribution is 5.97. The number of aromatic nitrogens is 2. The van der Waals surface area contributed by atoms with E-state index in [1.165, 1.54) is 19.1 Å². The number of halogens is 3. The molecule has 0 bridgehead atoms. The number of nitrogens with zero attached hydrogens (tertiary/aromatic N) is 2. The second-order valence-electron chi connectivity index (χ2n) is 10.1. The van der Waals surface area contributed by atoms with Crippen molar-refractivity contribution in [1.82, 2.24) is 15.1 Å². The van der Waals surface area contributed by atoms with E-state index in [0.29, 0.717) is 24.0 Å². The number of hydrogen-bond acceptors (Lipinski definition) is 4. The van der Waals surface area contributed by atoms with Gasteiger partial charge in [-0.15, -0.1) is 0 Å². The molecule has 10 heteroatoms. The number of rotatable bonds is 8. The number of hydrogen-bond donors (Lipinski definition) is 3. The van der Waals surface area contributed by atoms with Gasteiger partial charge < -0.3 is 15.7 Å². The van der Waals surface area contributed by atoms with E-state index in [4.69, 9.17) is 0 Å². The summed E-state index contributed by atoms with van der Waals surface area (Å²) in [6, 6.07) is 9.22. The second-order valence-corrected chi connectivity index (χ2v) is 10.1. The van der Waals surface area contributed by atoms with Crippen LogP contribution in [0.25, 0.3) is 0 Å². The number of aliphatic hydroxyl groups excluding tert-OH is 1. The van der Waals surface area contributed by atoms with Gasteiger partial charge in [0.15, 0.2) is 6.10 Å². The van der Waals surface area contributed by atoms with E-state index >= 15 is 0 Å². The summed E-state index contributed by atoms with van der Waals surface area (Å²) in [6.45, 7) is 9.17. The predicted molar refractivity (Wildman–Crippen MR) is 133 cm³/mol. The van der Waals surface area contributed by atoms with Crippen LogP contribution in [0.5, 0.6) is 0 Å². The van der Waals surface area contributed by atoms with Crippen LogP contribution in [0.4, 0.5) is 19.0 Å². The minimum atomic E-state index is -1.86. The molecule has 0 spiro atoms. The van der Waals surface area contributed by atoms with E-state index in [1.807, 2.05) is 27.7 Å². The lowest BCUT2D eigenvalue weighted by atomic mass is 9.96. The first-order valence-electron chi connectivity index (χ1n) is 11.8. The third-order valence-electron chi connectivity index (χ3n) is 5.80. The molecule has 0 aliphatic rings. The van der Waals surface area contributed by atoms with Crippen LogP contribution in [0, 0.1) is 17.5 Å². The summed E-state index contributed by atoms with van der Waals surface area (Å²) in [4.78, 5) is 25.3. The van der Waals surface area contributed by atoms with Gasteiger partial charge in [0.1, 0.15) is 29.3 Å². The highest BCUT2D eigenvalue weighted by atomic mass is 19.1. The summed E-state index contributed by atoms with van der Waals surface area (Å²) in [7, 11) is 0. The number of benzene rings is 2. The van der Waals surface area contributed by atoms with Crippen molar-refractivity contribution in [1.29, 1.82) is 0 Å². The second kappa shape index (κ2) is 11.2. The lowest BCUT2D eigenvalue weighted by molar-refractivity contribution is -0.132. The van der Waals surface area contributed by atoms with Crippen LogP contribution >= 0.6 is 0 Å². The number of aliphatic hydroxyl groups is 1. The molecule has 3 unspecified atom stereocenters. The van der Waals surface area contributed by atoms with Gasteiger partial charge in [0.05, 0.1) is 11.2 Å². The Hall–Kier alpha value is -3.66. The molecule has 3 atom stereocenters. The van der Waals surface area contributed by atoms with Gasteiger partial charge in [0, 0.05) is 12.1 Å². The maximum atomic E-state index is 13.4. The highest BCUT2D eigenvalue weighted by Gasteiger charge is 2.26. The Kier molecular flexibility index (Phi) is 8.42. The Balaban J connectivity index is 1.71. The third kappa shape index (κ3) is 7.19. The van der Waals surface area contributed by atoms with E-state index in [-0.39, 0.29) is 17.3 Å². The van der Waals surface area contributed by atoms with Crippen LogP contribution in [0.15, 0.2) is 48.5 Å². The SMILES string of the molecule is CC(NC(=O)C(O)c1cc(F)cc(F)c1)C(=O)Nc1cc(CC(C)c2ccc(F)cc2)nn1C(C)(C)C. The molecular weight excluding hydrogens is 485 g/mol. The molecular formula is C27H31F3N4O3. The van der Waals surface area contributed by atoms with Crippen molar-refractivity contribution >= 4 is 17.6 Å². The average molecular weight is 517 g/mol. The van der Waals surface area contributed by atoms with E-state index in [2.05, 4.69) is 15.7 Å². The predicted octanol–water partition coefficient (Wildman–Crippen LogP) is 4.58. The number of carbonyl (C=O) groups is 2. The lowest BCUT2D eigenvalue weighted by Gasteiger charge is -2.23. The van der Waals surface area contributed by atoms with Crippen molar-refractivity contribution < 1.29 is 27.9 Å². The summed E-state index contributed by atoms with van der Waals surface area (Å²) >= 11 is 0. The van der Waals surface area contributed by atoms with E-state index in [1.54, 1.807) is 22.9 Å². The molecule has 3 N–H and O–H groups in total. The minimum absolute atomic E-state index is 0.0415. The molecule has 7 nitrogen and oxygen atoms in total. The number of nitrogens with one attached hydrogen (secondary N) is 2. The molecule has 198 valence electrons. The van der Waals surface area contributed by atoms with Crippen molar-refractivity contribution in [2.24, 2.45) is 0 Å². The van der Waals surface area contributed by atoms with Gasteiger partial charge in [0.2, 0.25) is 5.91 Å². The number of anilines is 1. The maximum absolute atomic E-state index is 13.4. The standard InChI is InChI=1S/C27H31F3N4O3/c1-15(17-6-8-19(28)9-7-17)10-22-14-23(34(33-22)27(3,4)5)32-25(36)16(2)31-26(37)24(35)18-11-20(29)13-21(30)12-18/h6-9,11-16,24,35H,10H2,1-5H3,(H,31,37)(H,32,36). The topological polar surface area (TPSA) is 96.2 Å². The monoisotopic (exact) mass is 516 g/mol. The van der Waals surface area contributed by atoms with Crippen LogP contribution < -0.4 is 10.6 Å². The molecule has 0 aliphatic heterocycles. The van der Waals surface area contributed by atoms with Gasteiger partial charge in [-0.25, -0.2) is 17.9 Å². The summed E-state index contributed by atoms with van der Waals surface area (Å²) in [5.41, 5.74) is 0.908. The van der Waals surface area contributed by atoms with Gasteiger partial charge in [-0.05, 0) is 75.4 Å². The zero-order valence-corrected chi connectivity index (χ0v) is 21.3. The molecule has 0 saturated carbocycles. The molecule has 0 saturated heterocycles. The van der Waals surface area contributed by atoms with Gasteiger partial charge in [-0.1, -0.05) is 19.1 Å². The Morgan fingerprint density at radius 2 is 1.51 bits per heavy atom. The van der Waals surface area contributed by atoms with Crippen molar-refractivity contribution in [3.63, 3.8) is 0 Å². The fourth-order valence-corrected chi connectivity index (χ4v) is 3.83. The Bertz CT molecular complexity index is 1250. The van der Waals surface area contributed by atoms with Crippen LogP contribution in [0.2, 0.25) is 0 Å². The van der Waals surface area contributed by atoms with Crippen molar-refractivity contribution in [3.05, 3.63) is 82.8 Å². The quantitative estimate of drug-likeness (QED) is 0.409. The first-order chi connectivity index (χ1) is 17.2. The van der Waals surface area contributed by atoms with Gasteiger partial charge >= 0.3 is 0 Å². The van der Waals surface area contributed by atoms with E-state index in [0.717, 1.165) is 17.7 Å². The zero-order valence-electron chi connectivity index (χ0n) is 21.3. The zero-order chi connectivity index (χ0) is 27.5. The molecule has 2 aromatic carbocycles. The average Bonchev–Trinajstić information content (AvgIpc) is 3.20. The number of carbonyl (C=O) groups excluding carboxylic acids is 2. The van der Waals surface area contributed by atoms with Crippen LogP contribution in [-0.4, -0.2) is 32.7 Å². The first kappa shape index (κ1) is 27.9. The van der Waals surface area contributed by atoms with Crippen LogP contribution in [-0.2, 0) is 21.5 Å². The molecule has 3 aromatic rings. The van der Waals surface area contributed by atoms with Gasteiger partial charge in [0.25, 0.3) is 5.91 Å². The summed E-state index contributed by atoms with van der Waals surface area (Å²) in [5.74, 6) is -3.29. The smallest absolute Gasteiger partial charge is 0.254 e. The molecule has 2 amide bonds. The van der Waals surface area contributed by atoms with Crippen LogP contribution in [0.1, 0.15) is 63.5 Å². The van der Waals surface area contributed by atoms with E-state index < -0.39 is 41.1 Å². The third-order valence-corrected chi connectivity index (χ3v) is 5.80. The first-order valence-corrected chi connectivity index (χ1v) is 11.8. The Morgan fingerprint density at radius 3 is 2.08 bits per heavy atom. The molecule has 0 aliphatic carbocycles. The molecule has 0 radical (unpaired) electrons. The highest BCUT2D eigenvalue weighted by Crippen LogP contribution is 2.26. The number of amides is 2. The molecule has 1 aromatic heterocycles. The van der Waals surface area contributed by atoms with E-state index in [9.17, 15) is 27.9 Å². The van der Waals surface area contributed by atoms with Gasteiger partial charge in [-0.3, -0.25) is 9.59 Å². The fourth-order valence-electron chi connectivity index (χ4n) is 3.83. The lowest BCUT2D eigenvalue weighted by Crippen LogP contribution is -2.44. The largest absolute Gasteiger partial charge is 0.378 e. The Morgan fingerprint density at radius 1 is 0.919 bits per heavy atom. The Labute approximate surface area is 213 Å². The fraction of sp³-hybridized carbons (Fsp3) is 0.370. The summed E-state index contributed by atoms with van der Waals surface area (Å²) in [5, 5.41) is 20.0. The summed E-state index contributed by atoms with van der Waals surface area (Å²) < 4.78 is 41.8. The molecule has 1 heterocycles. The molecule has 3 rings (SSSR count). The molecule has 37 heavy (non-hydrogen) atoms. The molecule has 0 fully saturated rings. The van der Waals surface area contributed by atoms with Gasteiger partial charge in [-0.2, -0.15) is 5.10 Å². The minimum Gasteiger partial charge on any atom is -0.378 e. The van der Waals surface area contributed by atoms with Crippen molar-refractivity contribution in [2.45, 2.75) is 64.6 Å². The van der Waals surface area contributed by atoms with Crippen LogP contribution in [0.3, 0.4) is 0 Å². The van der Waals surface area contributed by atoms with Crippen molar-refractivity contribution in [2.75, 3.05) is 5.32 Å². The van der Waals surface area contributed by atoms with Crippen molar-refractivity contribution in [3.8, 4) is 0 Å². The maximum Gasteiger partial charge on any atom is 0.254 e. The normalized spacial score (nSPS) is 14.1.